The van der Waals surface area contributed by atoms with Crippen molar-refractivity contribution in [3.63, 3.8) is 0 Å². The van der Waals surface area contributed by atoms with E-state index in [1.54, 1.807) is 0 Å². The van der Waals surface area contributed by atoms with Gasteiger partial charge in [-0.1, -0.05) is 23.7 Å². The summed E-state index contributed by atoms with van der Waals surface area (Å²) in [6.07, 6.45) is 3.67. The lowest BCUT2D eigenvalue weighted by atomic mass is 9.88. The molecule has 1 saturated heterocycles. The van der Waals surface area contributed by atoms with Gasteiger partial charge >= 0.3 is 0 Å². The summed E-state index contributed by atoms with van der Waals surface area (Å²) in [5, 5.41) is 11.8. The number of aliphatic hydroxyl groups is 1. The van der Waals surface area contributed by atoms with Gasteiger partial charge in [0, 0.05) is 43.9 Å². The largest absolute Gasteiger partial charge is 0.491 e. The Labute approximate surface area is 210 Å². The van der Waals surface area contributed by atoms with Crippen molar-refractivity contribution >= 4 is 42.1 Å². The third-order valence-corrected chi connectivity index (χ3v) is 6.23. The first-order valence-electron chi connectivity index (χ1n) is 11.0. The maximum atomic E-state index is 11.1. The number of hydrogen-bond acceptors (Lipinski definition) is 4. The van der Waals surface area contributed by atoms with Crippen LogP contribution in [0, 0.1) is 0 Å². The third kappa shape index (κ3) is 8.99. The van der Waals surface area contributed by atoms with Crippen LogP contribution in [0.15, 0.2) is 48.5 Å². The zero-order valence-corrected chi connectivity index (χ0v) is 21.7. The van der Waals surface area contributed by atoms with E-state index in [2.05, 4.69) is 41.1 Å². The van der Waals surface area contributed by atoms with Crippen molar-refractivity contribution in [2.24, 2.45) is 0 Å². The molecule has 0 radical (unpaired) electrons. The van der Waals surface area contributed by atoms with Gasteiger partial charge in [0.2, 0.25) is 0 Å². The van der Waals surface area contributed by atoms with Gasteiger partial charge < -0.3 is 19.6 Å². The topological polar surface area (TPSA) is 35.9 Å². The molecule has 0 unspecified atom stereocenters. The summed E-state index contributed by atoms with van der Waals surface area (Å²) in [6, 6.07) is 16.3. The molecule has 0 aromatic heterocycles. The fourth-order valence-electron chi connectivity index (χ4n) is 3.94. The molecule has 4 nitrogen and oxygen atoms in total. The van der Waals surface area contributed by atoms with Crippen LogP contribution in [0.5, 0.6) is 5.75 Å². The molecule has 2 aromatic rings. The number of halogens is 3. The number of likely N-dealkylation sites (tertiary alicyclic amines) is 1. The minimum atomic E-state index is -0.564. The third-order valence-electron chi connectivity index (χ3n) is 5.98. The molecule has 0 bridgehead atoms. The molecule has 32 heavy (non-hydrogen) atoms. The zero-order valence-electron chi connectivity index (χ0n) is 19.3. The highest BCUT2D eigenvalue weighted by atomic mass is 35.5. The minimum Gasteiger partial charge on any atom is -0.491 e. The van der Waals surface area contributed by atoms with Gasteiger partial charge in [0.1, 0.15) is 5.75 Å². The lowest BCUT2D eigenvalue weighted by Gasteiger charge is -2.39. The summed E-state index contributed by atoms with van der Waals surface area (Å²) in [4.78, 5) is 4.67. The maximum absolute atomic E-state index is 11.1. The second-order valence-electron chi connectivity index (χ2n) is 8.77. The Balaban J connectivity index is 0.00000256. The Bertz CT molecular complexity index is 777. The first-order chi connectivity index (χ1) is 14.3. The molecular formula is C25H37Cl3N2O2. The van der Waals surface area contributed by atoms with Crippen LogP contribution in [0.25, 0.3) is 0 Å². The van der Waals surface area contributed by atoms with Crippen LogP contribution in [0.1, 0.15) is 38.7 Å². The van der Waals surface area contributed by atoms with Crippen LogP contribution in [0.3, 0.4) is 0 Å². The van der Waals surface area contributed by atoms with Crippen molar-refractivity contribution in [3.05, 3.63) is 59.1 Å². The van der Waals surface area contributed by atoms with E-state index >= 15 is 0 Å². The van der Waals surface area contributed by atoms with E-state index in [0.717, 1.165) is 68.3 Å². The van der Waals surface area contributed by atoms with Gasteiger partial charge in [0.25, 0.3) is 0 Å². The second-order valence-corrected chi connectivity index (χ2v) is 9.21. The summed E-state index contributed by atoms with van der Waals surface area (Å²) in [6.45, 7) is 7.84. The quantitative estimate of drug-likeness (QED) is 0.464. The van der Waals surface area contributed by atoms with Crippen LogP contribution in [-0.4, -0.2) is 54.9 Å². The number of rotatable bonds is 9. The van der Waals surface area contributed by atoms with Crippen LogP contribution in [0.4, 0.5) is 5.69 Å². The lowest BCUT2D eigenvalue weighted by molar-refractivity contribution is -0.0254. The first-order valence-corrected chi connectivity index (χ1v) is 11.4. The molecule has 0 atom stereocenters. The SMILES string of the molecule is CC(C)Oc1ccc(N(C)CCC2(O)CCN(CCc3ccc(Cl)cc3)CC2)cc1.Cl.Cl. The van der Waals surface area contributed by atoms with Gasteiger partial charge in [-0.3, -0.25) is 0 Å². The smallest absolute Gasteiger partial charge is 0.119 e. The van der Waals surface area contributed by atoms with E-state index in [1.807, 2.05) is 38.1 Å². The molecule has 1 aliphatic heterocycles. The van der Waals surface area contributed by atoms with E-state index in [9.17, 15) is 5.11 Å². The van der Waals surface area contributed by atoms with Gasteiger partial charge in [-0.2, -0.15) is 0 Å². The lowest BCUT2D eigenvalue weighted by Crippen LogP contribution is -2.46. The highest BCUT2D eigenvalue weighted by Crippen LogP contribution is 2.27. The van der Waals surface area contributed by atoms with Gasteiger partial charge in [0.05, 0.1) is 11.7 Å². The number of hydrogen-bond donors (Lipinski definition) is 1. The summed E-state index contributed by atoms with van der Waals surface area (Å²) in [5.41, 5.74) is 1.90. The Kier molecular flexibility index (Phi) is 12.2. The molecule has 1 aliphatic rings. The predicted octanol–water partition coefficient (Wildman–Crippen LogP) is 5.87. The highest BCUT2D eigenvalue weighted by molar-refractivity contribution is 6.30. The molecule has 2 aromatic carbocycles. The van der Waals surface area contributed by atoms with Crippen LogP contribution in [-0.2, 0) is 6.42 Å². The second kappa shape index (κ2) is 13.5. The van der Waals surface area contributed by atoms with Crippen molar-refractivity contribution in [2.45, 2.75) is 51.2 Å². The van der Waals surface area contributed by atoms with E-state index in [1.165, 1.54) is 5.56 Å². The van der Waals surface area contributed by atoms with E-state index < -0.39 is 5.60 Å². The first kappa shape index (κ1) is 28.9. The van der Waals surface area contributed by atoms with Crippen LogP contribution >= 0.6 is 36.4 Å². The van der Waals surface area contributed by atoms with Crippen molar-refractivity contribution in [3.8, 4) is 5.75 Å². The van der Waals surface area contributed by atoms with E-state index in [4.69, 9.17) is 16.3 Å². The Hall–Kier alpha value is -1.17. The van der Waals surface area contributed by atoms with Crippen LogP contribution in [0.2, 0.25) is 5.02 Å². The average Bonchev–Trinajstić information content (AvgIpc) is 2.73. The van der Waals surface area contributed by atoms with Gasteiger partial charge in [-0.15, -0.1) is 24.8 Å². The fraction of sp³-hybridized carbons (Fsp3) is 0.520. The van der Waals surface area contributed by atoms with E-state index in [0.29, 0.717) is 0 Å². The molecule has 0 aliphatic carbocycles. The minimum absolute atomic E-state index is 0. The molecule has 0 saturated carbocycles. The number of ether oxygens (including phenoxy) is 1. The summed E-state index contributed by atoms with van der Waals surface area (Å²) in [7, 11) is 2.09. The molecule has 7 heteroatoms. The van der Waals surface area contributed by atoms with Crippen molar-refractivity contribution in [2.75, 3.05) is 38.1 Å². The normalized spacial score (nSPS) is 15.6. The van der Waals surface area contributed by atoms with Crippen molar-refractivity contribution in [1.29, 1.82) is 0 Å². The summed E-state index contributed by atoms with van der Waals surface area (Å²) >= 11 is 5.96. The Morgan fingerprint density at radius 2 is 1.62 bits per heavy atom. The molecule has 3 rings (SSSR count). The molecule has 180 valence electrons. The standard InChI is InChI=1S/C25H35ClN2O2.2ClH/c1-20(2)30-24-10-8-23(9-11-24)27(3)17-13-25(29)14-18-28(19-15-25)16-12-21-4-6-22(26)7-5-21;;/h4-11,20,29H,12-19H2,1-3H3;2*1H. The highest BCUT2D eigenvalue weighted by Gasteiger charge is 2.32. The molecule has 0 amide bonds. The Morgan fingerprint density at radius 1 is 1.03 bits per heavy atom. The predicted molar refractivity (Wildman–Crippen MR) is 140 cm³/mol. The van der Waals surface area contributed by atoms with Crippen molar-refractivity contribution < 1.29 is 9.84 Å². The maximum Gasteiger partial charge on any atom is 0.119 e. The van der Waals surface area contributed by atoms with Crippen molar-refractivity contribution in [1.82, 2.24) is 4.90 Å². The molecule has 1 heterocycles. The number of nitrogens with zero attached hydrogens (tertiary/aromatic N) is 2. The number of piperidine rings is 1. The van der Waals surface area contributed by atoms with E-state index in [-0.39, 0.29) is 30.9 Å². The van der Waals surface area contributed by atoms with Gasteiger partial charge in [-0.05, 0) is 81.5 Å². The average molecular weight is 504 g/mol. The molecule has 0 spiro atoms. The zero-order chi connectivity index (χ0) is 21.6. The number of anilines is 1. The monoisotopic (exact) mass is 502 g/mol. The molecule has 1 N–H and O–H groups in total. The van der Waals surface area contributed by atoms with Crippen LogP contribution < -0.4 is 9.64 Å². The van der Waals surface area contributed by atoms with Gasteiger partial charge in [0.15, 0.2) is 0 Å². The summed E-state index contributed by atoms with van der Waals surface area (Å²) < 4.78 is 5.71. The summed E-state index contributed by atoms with van der Waals surface area (Å²) in [5.74, 6) is 0.895. The molecular weight excluding hydrogens is 467 g/mol. The fourth-order valence-corrected chi connectivity index (χ4v) is 4.06. The molecule has 1 fully saturated rings. The Morgan fingerprint density at radius 3 is 2.19 bits per heavy atom. The van der Waals surface area contributed by atoms with Gasteiger partial charge in [-0.25, -0.2) is 0 Å². The number of benzene rings is 2.